The molecule has 2 aromatic rings. The Morgan fingerprint density at radius 3 is 2.94 bits per heavy atom. The number of ether oxygens (including phenoxy) is 1. The van der Waals surface area contributed by atoms with Gasteiger partial charge in [-0.3, -0.25) is 0 Å². The van der Waals surface area contributed by atoms with Crippen LogP contribution in [0.2, 0.25) is 0 Å². The van der Waals surface area contributed by atoms with Crippen molar-refractivity contribution in [3.05, 3.63) is 46.7 Å². The molecule has 0 aliphatic carbocycles. The Balaban J connectivity index is 2.34. The topological polar surface area (TPSA) is 57.9 Å². The summed E-state index contributed by atoms with van der Waals surface area (Å²) in [5, 5.41) is 12.1. The fourth-order valence-corrected chi connectivity index (χ4v) is 1.98. The van der Waals surface area contributed by atoms with E-state index in [9.17, 15) is 0 Å². The van der Waals surface area contributed by atoms with Crippen molar-refractivity contribution in [2.45, 2.75) is 0 Å². The van der Waals surface area contributed by atoms with Gasteiger partial charge in [-0.2, -0.15) is 5.26 Å². The minimum atomic E-state index is 0.358. The highest BCUT2D eigenvalue weighted by molar-refractivity contribution is 9.10. The first-order valence-electron chi connectivity index (χ1n) is 5.19. The van der Waals surface area contributed by atoms with Gasteiger partial charge in [0.2, 0.25) is 0 Å². The molecule has 1 N–H and O–H groups in total. The van der Waals surface area contributed by atoms with E-state index in [1.807, 2.05) is 24.3 Å². The lowest BCUT2D eigenvalue weighted by Gasteiger charge is -2.09. The van der Waals surface area contributed by atoms with E-state index in [1.54, 1.807) is 25.4 Å². The molecule has 0 amide bonds. The lowest BCUT2D eigenvalue weighted by atomic mass is 10.2. The second-order valence-electron chi connectivity index (χ2n) is 3.52. The van der Waals surface area contributed by atoms with Crippen LogP contribution in [0.15, 0.2) is 41.0 Å². The molecule has 90 valence electrons. The molecule has 0 saturated heterocycles. The Hall–Kier alpha value is -2.06. The Labute approximate surface area is 113 Å². The number of hydrogen-bond acceptors (Lipinski definition) is 4. The van der Waals surface area contributed by atoms with Gasteiger partial charge in [0.15, 0.2) is 5.69 Å². The van der Waals surface area contributed by atoms with Crippen LogP contribution in [0.1, 0.15) is 5.69 Å². The fourth-order valence-electron chi connectivity index (χ4n) is 1.50. The van der Waals surface area contributed by atoms with Crippen LogP contribution in [-0.2, 0) is 0 Å². The minimum absolute atomic E-state index is 0.358. The molecule has 2 rings (SSSR count). The first-order chi connectivity index (χ1) is 8.72. The zero-order valence-electron chi connectivity index (χ0n) is 9.64. The van der Waals surface area contributed by atoms with Crippen LogP contribution >= 0.6 is 15.9 Å². The molecule has 0 aliphatic rings. The summed E-state index contributed by atoms with van der Waals surface area (Å²) in [4.78, 5) is 3.99. The molecule has 0 unspecified atom stereocenters. The largest absolute Gasteiger partial charge is 0.497 e. The molecule has 0 spiro atoms. The van der Waals surface area contributed by atoms with E-state index in [2.05, 4.69) is 26.2 Å². The van der Waals surface area contributed by atoms with Crippen LogP contribution in [0.3, 0.4) is 0 Å². The zero-order valence-corrected chi connectivity index (χ0v) is 11.2. The minimum Gasteiger partial charge on any atom is -0.497 e. The van der Waals surface area contributed by atoms with Crippen LogP contribution in [0.5, 0.6) is 5.75 Å². The van der Waals surface area contributed by atoms with E-state index >= 15 is 0 Å². The average Bonchev–Trinajstić information content (AvgIpc) is 2.38. The van der Waals surface area contributed by atoms with Gasteiger partial charge in [-0.05, 0) is 24.3 Å². The van der Waals surface area contributed by atoms with Gasteiger partial charge in [0.25, 0.3) is 0 Å². The molecule has 1 heterocycles. The fraction of sp³-hybridized carbons (Fsp3) is 0.0769. The van der Waals surface area contributed by atoms with Crippen LogP contribution in [0.25, 0.3) is 0 Å². The van der Waals surface area contributed by atoms with Gasteiger partial charge in [-0.25, -0.2) is 4.98 Å². The SMILES string of the molecule is COc1cc(Br)cc(Nc2cccnc2C#N)c1. The highest BCUT2D eigenvalue weighted by atomic mass is 79.9. The molecule has 0 saturated carbocycles. The predicted molar refractivity (Wildman–Crippen MR) is 72.9 cm³/mol. The summed E-state index contributed by atoms with van der Waals surface area (Å²) in [5.74, 6) is 0.731. The van der Waals surface area contributed by atoms with Gasteiger partial charge < -0.3 is 10.1 Å². The van der Waals surface area contributed by atoms with Crippen molar-refractivity contribution in [1.29, 1.82) is 5.26 Å². The first-order valence-corrected chi connectivity index (χ1v) is 5.99. The number of nitrogens with zero attached hydrogens (tertiary/aromatic N) is 2. The normalized spacial score (nSPS) is 9.61. The quantitative estimate of drug-likeness (QED) is 0.943. The van der Waals surface area contributed by atoms with Crippen molar-refractivity contribution in [1.82, 2.24) is 4.98 Å². The summed E-state index contributed by atoms with van der Waals surface area (Å²) >= 11 is 3.40. The monoisotopic (exact) mass is 303 g/mol. The summed E-state index contributed by atoms with van der Waals surface area (Å²) in [6.07, 6.45) is 1.59. The standard InChI is InChI=1S/C13H10BrN3O/c1-18-11-6-9(14)5-10(7-11)17-12-3-2-4-16-13(12)8-15/h2-7,17H,1H3. The molecule has 0 atom stereocenters. The van der Waals surface area contributed by atoms with Crippen LogP contribution < -0.4 is 10.1 Å². The van der Waals surface area contributed by atoms with Gasteiger partial charge >= 0.3 is 0 Å². The Kier molecular flexibility index (Phi) is 3.80. The number of methoxy groups -OCH3 is 1. The number of hydrogen-bond donors (Lipinski definition) is 1. The van der Waals surface area contributed by atoms with E-state index in [-0.39, 0.29) is 0 Å². The van der Waals surface area contributed by atoms with Gasteiger partial charge in [0.05, 0.1) is 12.8 Å². The number of anilines is 2. The second-order valence-corrected chi connectivity index (χ2v) is 4.43. The summed E-state index contributed by atoms with van der Waals surface area (Å²) < 4.78 is 6.07. The molecule has 1 aromatic heterocycles. The molecular weight excluding hydrogens is 294 g/mol. The highest BCUT2D eigenvalue weighted by Crippen LogP contribution is 2.27. The maximum atomic E-state index is 8.97. The molecule has 0 radical (unpaired) electrons. The number of aromatic nitrogens is 1. The summed E-state index contributed by atoms with van der Waals surface area (Å²) in [6.45, 7) is 0. The van der Waals surface area contributed by atoms with E-state index in [0.29, 0.717) is 11.4 Å². The van der Waals surface area contributed by atoms with Gasteiger partial charge in [-0.15, -0.1) is 0 Å². The summed E-state index contributed by atoms with van der Waals surface area (Å²) in [5.41, 5.74) is 1.85. The zero-order chi connectivity index (χ0) is 13.0. The number of nitriles is 1. The van der Waals surface area contributed by atoms with E-state index < -0.39 is 0 Å². The van der Waals surface area contributed by atoms with E-state index in [4.69, 9.17) is 10.00 Å². The Morgan fingerprint density at radius 2 is 2.22 bits per heavy atom. The number of benzene rings is 1. The third kappa shape index (κ3) is 2.79. The third-order valence-corrected chi connectivity index (χ3v) is 2.76. The van der Waals surface area contributed by atoms with E-state index in [1.165, 1.54) is 0 Å². The Bertz CT molecular complexity index is 607. The van der Waals surface area contributed by atoms with Gasteiger partial charge in [0.1, 0.15) is 11.8 Å². The number of nitrogens with one attached hydrogen (secondary N) is 1. The molecule has 4 nitrogen and oxygen atoms in total. The number of pyridine rings is 1. The Morgan fingerprint density at radius 1 is 1.39 bits per heavy atom. The number of rotatable bonds is 3. The highest BCUT2D eigenvalue weighted by Gasteiger charge is 2.04. The molecule has 0 aliphatic heterocycles. The summed E-state index contributed by atoms with van der Waals surface area (Å²) in [7, 11) is 1.61. The molecule has 0 bridgehead atoms. The maximum absolute atomic E-state index is 8.97. The predicted octanol–water partition coefficient (Wildman–Crippen LogP) is 3.47. The van der Waals surface area contributed by atoms with Gasteiger partial charge in [-0.1, -0.05) is 15.9 Å². The third-order valence-electron chi connectivity index (χ3n) is 2.30. The summed E-state index contributed by atoms with van der Waals surface area (Å²) in [6, 6.07) is 11.2. The van der Waals surface area contributed by atoms with Crippen LogP contribution in [0.4, 0.5) is 11.4 Å². The molecule has 18 heavy (non-hydrogen) atoms. The second kappa shape index (κ2) is 5.52. The van der Waals surface area contributed by atoms with Crippen molar-refractivity contribution in [3.63, 3.8) is 0 Å². The van der Waals surface area contributed by atoms with Crippen molar-refractivity contribution in [2.75, 3.05) is 12.4 Å². The molecule has 1 aromatic carbocycles. The van der Waals surface area contributed by atoms with Crippen LogP contribution in [-0.4, -0.2) is 12.1 Å². The smallest absolute Gasteiger partial charge is 0.163 e. The van der Waals surface area contributed by atoms with E-state index in [0.717, 1.165) is 15.9 Å². The lowest BCUT2D eigenvalue weighted by Crippen LogP contribution is -1.96. The van der Waals surface area contributed by atoms with Gasteiger partial charge in [0, 0.05) is 22.4 Å². The van der Waals surface area contributed by atoms with Crippen LogP contribution in [0, 0.1) is 11.3 Å². The first kappa shape index (κ1) is 12.4. The van der Waals surface area contributed by atoms with Crippen molar-refractivity contribution in [2.24, 2.45) is 0 Å². The lowest BCUT2D eigenvalue weighted by molar-refractivity contribution is 0.415. The van der Waals surface area contributed by atoms with Crippen molar-refractivity contribution < 1.29 is 4.74 Å². The van der Waals surface area contributed by atoms with Crippen molar-refractivity contribution >= 4 is 27.3 Å². The molecular formula is C13H10BrN3O. The van der Waals surface area contributed by atoms with Crippen molar-refractivity contribution in [3.8, 4) is 11.8 Å². The average molecular weight is 304 g/mol. The molecule has 5 heteroatoms. The maximum Gasteiger partial charge on any atom is 0.163 e. The molecule has 0 fully saturated rings. The number of halogens is 1.